The number of aliphatic hydroxyl groups excluding tert-OH is 2. The van der Waals surface area contributed by atoms with E-state index in [-0.39, 0.29) is 18.6 Å². The van der Waals surface area contributed by atoms with Crippen molar-refractivity contribution < 1.29 is 10.2 Å². The lowest BCUT2D eigenvalue weighted by Gasteiger charge is -2.19. The molecular weight excluding hydrogens is 232 g/mol. The molecule has 1 heterocycles. The van der Waals surface area contributed by atoms with Crippen LogP contribution in [-0.2, 0) is 5.41 Å². The van der Waals surface area contributed by atoms with Crippen LogP contribution in [-0.4, -0.2) is 46.5 Å². The lowest BCUT2D eigenvalue weighted by atomic mass is 9.96. The van der Waals surface area contributed by atoms with Crippen LogP contribution in [0.1, 0.15) is 26.6 Å². The Labute approximate surface area is 107 Å². The van der Waals surface area contributed by atoms with E-state index >= 15 is 0 Å². The molecule has 0 radical (unpaired) electrons. The van der Waals surface area contributed by atoms with Crippen molar-refractivity contribution in [2.24, 2.45) is 0 Å². The van der Waals surface area contributed by atoms with Gasteiger partial charge in [-0.2, -0.15) is 0 Å². The van der Waals surface area contributed by atoms with Gasteiger partial charge in [-0.15, -0.1) is 0 Å². The maximum Gasteiger partial charge on any atom is 0.138 e. The quantitative estimate of drug-likeness (QED) is 0.614. The Bertz CT molecular complexity index is 390. The summed E-state index contributed by atoms with van der Waals surface area (Å²) >= 11 is 0. The topological polar surface area (TPSA) is 90.3 Å². The highest BCUT2D eigenvalue weighted by Crippen LogP contribution is 2.22. The Morgan fingerprint density at radius 1 is 1.28 bits per heavy atom. The summed E-state index contributed by atoms with van der Waals surface area (Å²) in [6.45, 7) is 6.08. The predicted octanol–water partition coefficient (Wildman–Crippen LogP) is 0.581. The Kier molecular flexibility index (Phi) is 4.86. The molecular formula is C12H22N4O2. The molecule has 102 valence electrons. The summed E-state index contributed by atoms with van der Waals surface area (Å²) in [5, 5.41) is 24.0. The highest BCUT2D eigenvalue weighted by molar-refractivity contribution is 5.47. The van der Waals surface area contributed by atoms with E-state index in [2.05, 4.69) is 20.6 Å². The molecule has 6 nitrogen and oxygen atoms in total. The predicted molar refractivity (Wildman–Crippen MR) is 71.9 cm³/mol. The second-order valence-electron chi connectivity index (χ2n) is 5.18. The summed E-state index contributed by atoms with van der Waals surface area (Å²) in [4.78, 5) is 8.80. The minimum Gasteiger partial charge on any atom is -0.394 e. The van der Waals surface area contributed by atoms with E-state index < -0.39 is 6.10 Å². The fourth-order valence-corrected chi connectivity index (χ4v) is 1.29. The van der Waals surface area contributed by atoms with Crippen molar-refractivity contribution >= 4 is 11.6 Å². The van der Waals surface area contributed by atoms with Gasteiger partial charge in [0.1, 0.15) is 17.5 Å². The van der Waals surface area contributed by atoms with Gasteiger partial charge in [-0.3, -0.25) is 0 Å². The van der Waals surface area contributed by atoms with E-state index in [1.165, 1.54) is 0 Å². The van der Waals surface area contributed by atoms with Crippen molar-refractivity contribution in [1.29, 1.82) is 0 Å². The van der Waals surface area contributed by atoms with E-state index in [1.807, 2.05) is 20.8 Å². The van der Waals surface area contributed by atoms with Gasteiger partial charge in [0.25, 0.3) is 0 Å². The first kappa shape index (κ1) is 14.7. The molecule has 0 aliphatic rings. The molecule has 0 aliphatic heterocycles. The fourth-order valence-electron chi connectivity index (χ4n) is 1.29. The maximum atomic E-state index is 9.30. The van der Waals surface area contributed by atoms with Crippen molar-refractivity contribution in [1.82, 2.24) is 9.97 Å². The standard InChI is InChI=1S/C12H22N4O2/c1-12(2,3)11-15-9(13-4)5-10(16-11)14-6-8(18)7-17/h5,8,17-18H,6-7H2,1-4H3,(H2,13,14,15,16). The number of aromatic nitrogens is 2. The maximum absolute atomic E-state index is 9.30. The molecule has 18 heavy (non-hydrogen) atoms. The molecule has 0 bridgehead atoms. The lowest BCUT2D eigenvalue weighted by Crippen LogP contribution is -2.24. The zero-order chi connectivity index (χ0) is 13.8. The molecule has 0 aliphatic carbocycles. The van der Waals surface area contributed by atoms with Crippen LogP contribution in [0.4, 0.5) is 11.6 Å². The fraction of sp³-hybridized carbons (Fsp3) is 0.667. The van der Waals surface area contributed by atoms with Gasteiger partial charge in [0.2, 0.25) is 0 Å². The Balaban J connectivity index is 2.91. The Hall–Kier alpha value is -1.40. The van der Waals surface area contributed by atoms with E-state index in [0.29, 0.717) is 5.82 Å². The number of hydrogen-bond acceptors (Lipinski definition) is 6. The number of aliphatic hydroxyl groups is 2. The van der Waals surface area contributed by atoms with Crippen molar-refractivity contribution in [3.05, 3.63) is 11.9 Å². The molecule has 6 heteroatoms. The van der Waals surface area contributed by atoms with Crippen LogP contribution in [0.2, 0.25) is 0 Å². The molecule has 0 spiro atoms. The third-order valence-electron chi connectivity index (χ3n) is 2.38. The zero-order valence-electron chi connectivity index (χ0n) is 11.4. The first-order chi connectivity index (χ1) is 8.36. The molecule has 0 amide bonds. The molecule has 0 fully saturated rings. The SMILES string of the molecule is CNc1cc(NCC(O)CO)nc(C(C)(C)C)n1. The number of rotatable bonds is 5. The molecule has 1 aromatic rings. The highest BCUT2D eigenvalue weighted by atomic mass is 16.3. The van der Waals surface area contributed by atoms with Gasteiger partial charge in [0.05, 0.1) is 12.7 Å². The molecule has 0 saturated carbocycles. The lowest BCUT2D eigenvalue weighted by molar-refractivity contribution is 0.105. The summed E-state index contributed by atoms with van der Waals surface area (Å²) in [6.07, 6.45) is -0.795. The van der Waals surface area contributed by atoms with Gasteiger partial charge < -0.3 is 20.8 Å². The highest BCUT2D eigenvalue weighted by Gasteiger charge is 2.19. The first-order valence-electron chi connectivity index (χ1n) is 5.97. The molecule has 1 aromatic heterocycles. The van der Waals surface area contributed by atoms with Gasteiger partial charge in [-0.25, -0.2) is 9.97 Å². The van der Waals surface area contributed by atoms with Crippen molar-refractivity contribution in [2.45, 2.75) is 32.3 Å². The van der Waals surface area contributed by atoms with Crippen LogP contribution in [0.5, 0.6) is 0 Å². The average Bonchev–Trinajstić information content (AvgIpc) is 2.34. The van der Waals surface area contributed by atoms with Gasteiger partial charge in [0.15, 0.2) is 0 Å². The molecule has 1 atom stereocenters. The third kappa shape index (κ3) is 4.12. The van der Waals surface area contributed by atoms with Crippen LogP contribution in [0.25, 0.3) is 0 Å². The van der Waals surface area contributed by atoms with Crippen LogP contribution in [0.3, 0.4) is 0 Å². The van der Waals surface area contributed by atoms with Crippen molar-refractivity contribution in [2.75, 3.05) is 30.8 Å². The van der Waals surface area contributed by atoms with Gasteiger partial charge in [-0.05, 0) is 0 Å². The average molecular weight is 254 g/mol. The van der Waals surface area contributed by atoms with Crippen molar-refractivity contribution in [3.8, 4) is 0 Å². The van der Waals surface area contributed by atoms with Crippen molar-refractivity contribution in [3.63, 3.8) is 0 Å². The van der Waals surface area contributed by atoms with Gasteiger partial charge in [0, 0.05) is 25.1 Å². The Morgan fingerprint density at radius 3 is 2.39 bits per heavy atom. The second-order valence-corrected chi connectivity index (χ2v) is 5.18. The van der Waals surface area contributed by atoms with E-state index in [4.69, 9.17) is 5.11 Å². The third-order valence-corrected chi connectivity index (χ3v) is 2.38. The summed E-state index contributed by atoms with van der Waals surface area (Å²) in [5.41, 5.74) is -0.154. The monoisotopic (exact) mass is 254 g/mol. The molecule has 1 rings (SSSR count). The molecule has 4 N–H and O–H groups in total. The molecule has 0 saturated heterocycles. The van der Waals surface area contributed by atoms with Crippen LogP contribution in [0, 0.1) is 0 Å². The smallest absolute Gasteiger partial charge is 0.138 e. The number of nitrogens with one attached hydrogen (secondary N) is 2. The zero-order valence-corrected chi connectivity index (χ0v) is 11.4. The summed E-state index contributed by atoms with van der Waals surface area (Å²) in [7, 11) is 1.79. The van der Waals surface area contributed by atoms with E-state index in [0.717, 1.165) is 11.6 Å². The minimum absolute atomic E-state index is 0.154. The normalized spacial score (nSPS) is 13.2. The van der Waals surface area contributed by atoms with E-state index in [1.54, 1.807) is 13.1 Å². The second kappa shape index (κ2) is 5.97. The van der Waals surface area contributed by atoms with Crippen LogP contribution >= 0.6 is 0 Å². The number of anilines is 2. The summed E-state index contributed by atoms with van der Waals surface area (Å²) in [6, 6.07) is 1.76. The van der Waals surface area contributed by atoms with E-state index in [9.17, 15) is 5.11 Å². The molecule has 1 unspecified atom stereocenters. The summed E-state index contributed by atoms with van der Waals surface area (Å²) < 4.78 is 0. The largest absolute Gasteiger partial charge is 0.394 e. The Morgan fingerprint density at radius 2 is 1.89 bits per heavy atom. The first-order valence-corrected chi connectivity index (χ1v) is 5.97. The van der Waals surface area contributed by atoms with Crippen LogP contribution in [0.15, 0.2) is 6.07 Å². The van der Waals surface area contributed by atoms with Gasteiger partial charge >= 0.3 is 0 Å². The minimum atomic E-state index is -0.795. The number of nitrogens with zero attached hydrogens (tertiary/aromatic N) is 2. The molecule has 0 aromatic carbocycles. The van der Waals surface area contributed by atoms with Gasteiger partial charge in [-0.1, -0.05) is 20.8 Å². The summed E-state index contributed by atoms with van der Waals surface area (Å²) in [5.74, 6) is 2.07. The number of hydrogen-bond donors (Lipinski definition) is 4. The van der Waals surface area contributed by atoms with Crippen LogP contribution < -0.4 is 10.6 Å².